The second-order valence-corrected chi connectivity index (χ2v) is 21.3. The first-order valence-electron chi connectivity index (χ1n) is 33.0. The van der Waals surface area contributed by atoms with Crippen LogP contribution in [0.3, 0.4) is 0 Å². The van der Waals surface area contributed by atoms with Crippen LogP contribution in [0.1, 0.15) is 278 Å². The van der Waals surface area contributed by atoms with Crippen molar-refractivity contribution >= 4 is 17.9 Å². The highest BCUT2D eigenvalue weighted by Gasteiger charge is 2.19. The average molecular weight is 1120 g/mol. The Morgan fingerprint density at radius 1 is 0.259 bits per heavy atom. The van der Waals surface area contributed by atoms with E-state index in [9.17, 15) is 14.4 Å². The first kappa shape index (κ1) is 76.0. The summed E-state index contributed by atoms with van der Waals surface area (Å²) in [6, 6.07) is 0. The maximum Gasteiger partial charge on any atom is 0.306 e. The fraction of sp³-hybridized carbons (Fsp3) is 0.613. The van der Waals surface area contributed by atoms with E-state index in [1.165, 1.54) is 83.5 Å². The van der Waals surface area contributed by atoms with Gasteiger partial charge in [0.15, 0.2) is 6.10 Å². The van der Waals surface area contributed by atoms with Gasteiger partial charge in [-0.05, 0) is 128 Å². The summed E-state index contributed by atoms with van der Waals surface area (Å²) in [5, 5.41) is 0. The molecule has 0 radical (unpaired) electrons. The van der Waals surface area contributed by atoms with Gasteiger partial charge in [-0.2, -0.15) is 0 Å². The Labute approximate surface area is 499 Å². The molecule has 0 rings (SSSR count). The second kappa shape index (κ2) is 67.5. The van der Waals surface area contributed by atoms with Crippen LogP contribution < -0.4 is 0 Å². The minimum absolute atomic E-state index is 0.0957. The normalized spacial score (nSPS) is 13.2. The summed E-state index contributed by atoms with van der Waals surface area (Å²) in [5.74, 6) is -0.937. The first-order valence-corrected chi connectivity index (χ1v) is 33.0. The van der Waals surface area contributed by atoms with Crippen molar-refractivity contribution in [2.45, 2.75) is 284 Å². The van der Waals surface area contributed by atoms with Gasteiger partial charge in [0.1, 0.15) is 13.2 Å². The molecule has 1 unspecified atom stereocenters. The zero-order valence-electron chi connectivity index (χ0n) is 52.2. The van der Waals surface area contributed by atoms with E-state index in [-0.39, 0.29) is 37.5 Å². The van der Waals surface area contributed by atoms with E-state index < -0.39 is 6.10 Å². The number of allylic oxidation sites excluding steroid dienone is 26. The summed E-state index contributed by atoms with van der Waals surface area (Å²) < 4.78 is 16.8. The molecule has 0 heterocycles. The van der Waals surface area contributed by atoms with Gasteiger partial charge >= 0.3 is 17.9 Å². The van der Waals surface area contributed by atoms with E-state index in [1.54, 1.807) is 0 Å². The van der Waals surface area contributed by atoms with E-state index in [1.807, 2.05) is 0 Å². The maximum atomic E-state index is 12.9. The lowest BCUT2D eigenvalue weighted by Gasteiger charge is -2.18. The SMILES string of the molecule is CC/C=C\C/C=C\C/C=C\C/C=C\C/C=C\C/C=C\C/C=C\C/C=C\CCCCCCCCCCCCC(=O)OCC(COC(=O)CCCCCCCCCCC)OC(=O)CCCCC/C=C\C/C=C\C/C=C\C/C=C\C/C=C\CC. The van der Waals surface area contributed by atoms with Gasteiger partial charge in [-0.15, -0.1) is 0 Å². The fourth-order valence-corrected chi connectivity index (χ4v) is 8.66. The van der Waals surface area contributed by atoms with Crippen LogP contribution in [0, 0.1) is 0 Å². The third-order valence-corrected chi connectivity index (χ3v) is 13.5. The van der Waals surface area contributed by atoms with Gasteiger partial charge in [-0.3, -0.25) is 14.4 Å². The van der Waals surface area contributed by atoms with Crippen LogP contribution in [-0.2, 0) is 28.6 Å². The molecule has 456 valence electrons. The smallest absolute Gasteiger partial charge is 0.306 e. The molecule has 0 aliphatic rings. The molecule has 0 fully saturated rings. The minimum Gasteiger partial charge on any atom is -0.462 e. The lowest BCUT2D eigenvalue weighted by Crippen LogP contribution is -2.30. The summed E-state index contributed by atoms with van der Waals surface area (Å²) in [4.78, 5) is 38.2. The Morgan fingerprint density at radius 3 is 0.765 bits per heavy atom. The predicted molar refractivity (Wildman–Crippen MR) is 352 cm³/mol. The Kier molecular flexibility index (Phi) is 63.4. The molecule has 0 saturated carbocycles. The van der Waals surface area contributed by atoms with E-state index in [2.05, 4.69) is 179 Å². The number of ether oxygens (including phenoxy) is 3. The van der Waals surface area contributed by atoms with E-state index in [0.717, 1.165) is 154 Å². The molecule has 0 aromatic heterocycles. The van der Waals surface area contributed by atoms with Crippen LogP contribution in [0.4, 0.5) is 0 Å². The van der Waals surface area contributed by atoms with Crippen molar-refractivity contribution in [2.75, 3.05) is 13.2 Å². The quantitative estimate of drug-likeness (QED) is 0.0261. The third kappa shape index (κ3) is 65.7. The summed E-state index contributed by atoms with van der Waals surface area (Å²) >= 11 is 0. The van der Waals surface area contributed by atoms with Crippen molar-refractivity contribution < 1.29 is 28.6 Å². The monoisotopic (exact) mass is 1120 g/mol. The standard InChI is InChI=1S/C75H120O6/c1-4-7-10-13-16-19-21-23-25-27-29-30-31-32-33-34-35-36-37-38-39-40-41-42-43-44-46-47-49-51-53-56-59-62-65-68-74(77)80-71-72(70-79-73(76)67-64-61-58-55-18-15-12-9-6-3)81-75(78)69-66-63-60-57-54-52-50-48-45-28-26-24-22-20-17-14-11-8-5-2/h7-8,10-11,16-17,19-20,23-26,29-30,32-33,35-36,38-39,41-42,45,48,52,54,72H,4-6,9,12-15,18,21-22,27-28,31,34,37,40,43-44,46-47,49-51,53,55-71H2,1-3H3/b10-7-,11-8-,19-16-,20-17-,25-23-,26-24-,30-29-,33-32-,36-35-,39-38-,42-41-,48-45-,54-52-. The highest BCUT2D eigenvalue weighted by Crippen LogP contribution is 2.15. The van der Waals surface area contributed by atoms with Crippen LogP contribution in [-0.4, -0.2) is 37.2 Å². The molecule has 0 bridgehead atoms. The number of rotatable bonds is 58. The Bertz CT molecular complexity index is 1810. The van der Waals surface area contributed by atoms with Gasteiger partial charge in [0.2, 0.25) is 0 Å². The largest absolute Gasteiger partial charge is 0.462 e. The minimum atomic E-state index is -0.802. The van der Waals surface area contributed by atoms with E-state index in [0.29, 0.717) is 12.8 Å². The molecule has 6 heteroatoms. The van der Waals surface area contributed by atoms with Crippen molar-refractivity contribution in [1.82, 2.24) is 0 Å². The lowest BCUT2D eigenvalue weighted by molar-refractivity contribution is -0.167. The molecule has 0 saturated heterocycles. The first-order chi connectivity index (χ1) is 40.0. The molecule has 1 atom stereocenters. The molecule has 0 aromatic carbocycles. The lowest BCUT2D eigenvalue weighted by atomic mass is 10.1. The highest BCUT2D eigenvalue weighted by molar-refractivity contribution is 5.71. The topological polar surface area (TPSA) is 78.9 Å². The number of esters is 3. The van der Waals surface area contributed by atoms with E-state index in [4.69, 9.17) is 14.2 Å². The molecule has 0 amide bonds. The maximum absolute atomic E-state index is 12.9. The van der Waals surface area contributed by atoms with Gasteiger partial charge in [0.05, 0.1) is 0 Å². The fourth-order valence-electron chi connectivity index (χ4n) is 8.66. The van der Waals surface area contributed by atoms with Crippen LogP contribution in [0.15, 0.2) is 158 Å². The van der Waals surface area contributed by atoms with Crippen molar-refractivity contribution in [1.29, 1.82) is 0 Å². The Morgan fingerprint density at radius 2 is 0.481 bits per heavy atom. The summed E-state index contributed by atoms with van der Waals surface area (Å²) in [6.07, 6.45) is 98.4. The Hall–Kier alpha value is -4.97. The second-order valence-electron chi connectivity index (χ2n) is 21.3. The predicted octanol–water partition coefficient (Wildman–Crippen LogP) is 22.9. The van der Waals surface area contributed by atoms with E-state index >= 15 is 0 Å². The number of unbranched alkanes of at least 4 members (excludes halogenated alkanes) is 21. The van der Waals surface area contributed by atoms with Crippen molar-refractivity contribution in [3.8, 4) is 0 Å². The number of hydrogen-bond donors (Lipinski definition) is 0. The summed E-state index contributed by atoms with van der Waals surface area (Å²) in [6.45, 7) is 6.36. The number of carbonyl (C=O) groups excluding carboxylic acids is 3. The van der Waals surface area contributed by atoms with Crippen molar-refractivity contribution in [3.05, 3.63) is 158 Å². The molecule has 6 nitrogen and oxygen atoms in total. The van der Waals surface area contributed by atoms with Gasteiger partial charge in [-0.1, -0.05) is 288 Å². The van der Waals surface area contributed by atoms with Gasteiger partial charge < -0.3 is 14.2 Å². The molecular formula is C75H120O6. The third-order valence-electron chi connectivity index (χ3n) is 13.5. The molecule has 0 N–H and O–H groups in total. The molecule has 0 aromatic rings. The Balaban J connectivity index is 4.22. The van der Waals surface area contributed by atoms with Crippen molar-refractivity contribution in [2.24, 2.45) is 0 Å². The van der Waals surface area contributed by atoms with Crippen LogP contribution in [0.25, 0.3) is 0 Å². The van der Waals surface area contributed by atoms with Crippen LogP contribution >= 0.6 is 0 Å². The highest BCUT2D eigenvalue weighted by atomic mass is 16.6. The van der Waals surface area contributed by atoms with Crippen LogP contribution in [0.2, 0.25) is 0 Å². The number of hydrogen-bond acceptors (Lipinski definition) is 6. The molecule has 0 aliphatic heterocycles. The zero-order valence-corrected chi connectivity index (χ0v) is 52.2. The van der Waals surface area contributed by atoms with Crippen LogP contribution in [0.5, 0.6) is 0 Å². The summed E-state index contributed by atoms with van der Waals surface area (Å²) in [7, 11) is 0. The van der Waals surface area contributed by atoms with Gasteiger partial charge in [-0.25, -0.2) is 0 Å². The van der Waals surface area contributed by atoms with Gasteiger partial charge in [0, 0.05) is 19.3 Å². The molecular weight excluding hydrogens is 997 g/mol. The molecule has 0 spiro atoms. The summed E-state index contributed by atoms with van der Waals surface area (Å²) in [5.41, 5.74) is 0. The average Bonchev–Trinajstić information content (AvgIpc) is 3.47. The number of carbonyl (C=O) groups is 3. The molecule has 81 heavy (non-hydrogen) atoms. The molecule has 0 aliphatic carbocycles. The van der Waals surface area contributed by atoms with Crippen molar-refractivity contribution in [3.63, 3.8) is 0 Å². The zero-order chi connectivity index (χ0) is 58.5. The van der Waals surface area contributed by atoms with Gasteiger partial charge in [0.25, 0.3) is 0 Å².